The van der Waals surface area contributed by atoms with E-state index in [1.807, 2.05) is 37.3 Å². The monoisotopic (exact) mass is 295 g/mol. The highest BCUT2D eigenvalue weighted by molar-refractivity contribution is 6.35. The Balaban J connectivity index is 2.06. The van der Waals surface area contributed by atoms with E-state index in [0.717, 1.165) is 16.9 Å². The molecule has 0 saturated heterocycles. The van der Waals surface area contributed by atoms with Crippen LogP contribution in [-0.4, -0.2) is 0 Å². The fourth-order valence-corrected chi connectivity index (χ4v) is 2.20. The van der Waals surface area contributed by atoms with E-state index >= 15 is 0 Å². The first kappa shape index (κ1) is 14.2. The van der Waals surface area contributed by atoms with Gasteiger partial charge < -0.3 is 10.5 Å². The Morgan fingerprint density at radius 2 is 1.63 bits per heavy atom. The minimum atomic E-state index is 0.0204. The molecule has 2 aromatic carbocycles. The van der Waals surface area contributed by atoms with Crippen molar-refractivity contribution in [2.75, 3.05) is 0 Å². The van der Waals surface area contributed by atoms with Crippen molar-refractivity contribution in [3.8, 4) is 5.75 Å². The summed E-state index contributed by atoms with van der Waals surface area (Å²) in [6.07, 6.45) is 0. The van der Waals surface area contributed by atoms with E-state index in [2.05, 4.69) is 0 Å². The summed E-state index contributed by atoms with van der Waals surface area (Å²) in [6.45, 7) is 2.29. The molecule has 2 aromatic rings. The van der Waals surface area contributed by atoms with Crippen molar-refractivity contribution in [3.63, 3.8) is 0 Å². The maximum absolute atomic E-state index is 6.08. The van der Waals surface area contributed by atoms with Crippen molar-refractivity contribution in [2.45, 2.75) is 19.6 Å². The van der Waals surface area contributed by atoms with Crippen molar-refractivity contribution >= 4 is 23.2 Å². The second-order valence-corrected chi connectivity index (χ2v) is 5.16. The van der Waals surface area contributed by atoms with Gasteiger partial charge in [-0.2, -0.15) is 0 Å². The molecule has 19 heavy (non-hydrogen) atoms. The van der Waals surface area contributed by atoms with Crippen LogP contribution in [0.2, 0.25) is 10.0 Å². The van der Waals surface area contributed by atoms with Gasteiger partial charge in [-0.3, -0.25) is 0 Å². The van der Waals surface area contributed by atoms with Crippen molar-refractivity contribution < 1.29 is 4.74 Å². The molecule has 0 amide bonds. The minimum absolute atomic E-state index is 0.0204. The molecule has 2 N–H and O–H groups in total. The van der Waals surface area contributed by atoms with Crippen molar-refractivity contribution in [3.05, 3.63) is 63.6 Å². The predicted molar refractivity (Wildman–Crippen MR) is 79.8 cm³/mol. The molecule has 0 fully saturated rings. The normalized spacial score (nSPS) is 12.2. The quantitative estimate of drug-likeness (QED) is 0.895. The van der Waals surface area contributed by atoms with Gasteiger partial charge in [-0.05, 0) is 36.8 Å². The van der Waals surface area contributed by atoms with Crippen molar-refractivity contribution in [1.82, 2.24) is 0 Å². The van der Waals surface area contributed by atoms with Crippen LogP contribution < -0.4 is 10.5 Å². The van der Waals surface area contributed by atoms with Gasteiger partial charge in [0.05, 0.1) is 0 Å². The fourth-order valence-electron chi connectivity index (χ4n) is 1.69. The zero-order valence-corrected chi connectivity index (χ0v) is 12.1. The van der Waals surface area contributed by atoms with Crippen LogP contribution in [0.1, 0.15) is 24.1 Å². The summed E-state index contributed by atoms with van der Waals surface area (Å²) >= 11 is 12.2. The number of benzene rings is 2. The SMILES string of the molecule is C[C@H](N)c1ccc(OCc2c(Cl)cccc2Cl)cc1. The second-order valence-electron chi connectivity index (χ2n) is 4.35. The summed E-state index contributed by atoms with van der Waals surface area (Å²) in [7, 11) is 0. The average Bonchev–Trinajstić information content (AvgIpc) is 2.38. The first-order valence-corrected chi connectivity index (χ1v) is 6.74. The first-order valence-electron chi connectivity index (χ1n) is 5.99. The Labute approximate surface area is 123 Å². The van der Waals surface area contributed by atoms with Crippen LogP contribution in [0.4, 0.5) is 0 Å². The molecule has 0 aliphatic carbocycles. The van der Waals surface area contributed by atoms with E-state index in [-0.39, 0.29) is 6.04 Å². The lowest BCUT2D eigenvalue weighted by Crippen LogP contribution is -2.04. The number of hydrogen-bond donors (Lipinski definition) is 1. The first-order chi connectivity index (χ1) is 9.08. The van der Waals surface area contributed by atoms with E-state index in [9.17, 15) is 0 Å². The van der Waals surface area contributed by atoms with Gasteiger partial charge in [0.2, 0.25) is 0 Å². The third-order valence-corrected chi connectivity index (χ3v) is 3.56. The van der Waals surface area contributed by atoms with E-state index in [1.54, 1.807) is 12.1 Å². The number of hydrogen-bond acceptors (Lipinski definition) is 2. The smallest absolute Gasteiger partial charge is 0.119 e. The predicted octanol–water partition coefficient (Wildman–Crippen LogP) is 4.59. The highest BCUT2D eigenvalue weighted by Gasteiger charge is 2.06. The summed E-state index contributed by atoms with van der Waals surface area (Å²) in [5, 5.41) is 1.22. The second kappa shape index (κ2) is 6.29. The molecule has 2 rings (SSSR count). The van der Waals surface area contributed by atoms with Gasteiger partial charge >= 0.3 is 0 Å². The maximum Gasteiger partial charge on any atom is 0.119 e. The summed E-state index contributed by atoms with van der Waals surface area (Å²) in [5.74, 6) is 0.764. The zero-order chi connectivity index (χ0) is 13.8. The van der Waals surface area contributed by atoms with Gasteiger partial charge in [0.15, 0.2) is 0 Å². The van der Waals surface area contributed by atoms with Gasteiger partial charge in [0.1, 0.15) is 12.4 Å². The Hall–Kier alpha value is -1.22. The summed E-state index contributed by atoms with van der Waals surface area (Å²) < 4.78 is 5.68. The molecule has 0 bridgehead atoms. The van der Waals surface area contributed by atoms with Crippen molar-refractivity contribution in [1.29, 1.82) is 0 Å². The largest absolute Gasteiger partial charge is 0.489 e. The van der Waals surface area contributed by atoms with Crippen LogP contribution in [0.25, 0.3) is 0 Å². The van der Waals surface area contributed by atoms with Gasteiger partial charge in [0.25, 0.3) is 0 Å². The molecule has 0 unspecified atom stereocenters. The van der Waals surface area contributed by atoms with Gasteiger partial charge in [0, 0.05) is 21.7 Å². The van der Waals surface area contributed by atoms with Crippen molar-refractivity contribution in [2.24, 2.45) is 5.73 Å². The Kier molecular flexibility index (Phi) is 4.70. The molecule has 1 atom stereocenters. The molecule has 0 heterocycles. The third kappa shape index (κ3) is 3.63. The third-order valence-electron chi connectivity index (χ3n) is 2.85. The lowest BCUT2D eigenvalue weighted by molar-refractivity contribution is 0.306. The Morgan fingerprint density at radius 3 is 2.16 bits per heavy atom. The van der Waals surface area contributed by atoms with Gasteiger partial charge in [-0.25, -0.2) is 0 Å². The maximum atomic E-state index is 6.08. The van der Waals surface area contributed by atoms with Gasteiger partial charge in [-0.1, -0.05) is 41.4 Å². The van der Waals surface area contributed by atoms with Crippen LogP contribution in [0.15, 0.2) is 42.5 Å². The zero-order valence-electron chi connectivity index (χ0n) is 10.6. The molecule has 0 saturated carbocycles. The molecule has 0 radical (unpaired) electrons. The molecule has 0 aliphatic heterocycles. The Bertz CT molecular complexity index is 532. The lowest BCUT2D eigenvalue weighted by Gasteiger charge is -2.11. The van der Waals surface area contributed by atoms with Crippen LogP contribution in [0, 0.1) is 0 Å². The van der Waals surface area contributed by atoms with Crippen LogP contribution in [0.5, 0.6) is 5.75 Å². The molecular formula is C15H15Cl2NO. The van der Waals surface area contributed by atoms with Crippen LogP contribution in [0.3, 0.4) is 0 Å². The summed E-state index contributed by atoms with van der Waals surface area (Å²) in [4.78, 5) is 0. The number of halogens is 2. The molecule has 2 nitrogen and oxygen atoms in total. The fraction of sp³-hybridized carbons (Fsp3) is 0.200. The minimum Gasteiger partial charge on any atom is -0.489 e. The topological polar surface area (TPSA) is 35.2 Å². The molecule has 0 aromatic heterocycles. The van der Waals surface area contributed by atoms with E-state index < -0.39 is 0 Å². The highest BCUT2D eigenvalue weighted by Crippen LogP contribution is 2.26. The lowest BCUT2D eigenvalue weighted by atomic mass is 10.1. The van der Waals surface area contributed by atoms with E-state index in [1.165, 1.54) is 0 Å². The van der Waals surface area contributed by atoms with Crippen LogP contribution in [-0.2, 0) is 6.61 Å². The molecule has 0 spiro atoms. The highest BCUT2D eigenvalue weighted by atomic mass is 35.5. The summed E-state index contributed by atoms with van der Waals surface area (Å²) in [6, 6.07) is 13.1. The summed E-state index contributed by atoms with van der Waals surface area (Å²) in [5.41, 5.74) is 7.66. The van der Waals surface area contributed by atoms with E-state index in [0.29, 0.717) is 16.7 Å². The molecule has 4 heteroatoms. The number of rotatable bonds is 4. The van der Waals surface area contributed by atoms with Gasteiger partial charge in [-0.15, -0.1) is 0 Å². The number of nitrogens with two attached hydrogens (primary N) is 1. The standard InChI is InChI=1S/C15H15Cl2NO/c1-10(18)11-5-7-12(8-6-11)19-9-13-14(16)3-2-4-15(13)17/h2-8,10H,9,18H2,1H3/t10-/m0/s1. The molecule has 100 valence electrons. The Morgan fingerprint density at radius 1 is 1.05 bits per heavy atom. The molecular weight excluding hydrogens is 281 g/mol. The average molecular weight is 296 g/mol. The van der Waals surface area contributed by atoms with Crippen LogP contribution >= 0.6 is 23.2 Å². The molecule has 0 aliphatic rings. The number of ether oxygens (including phenoxy) is 1. The van der Waals surface area contributed by atoms with E-state index in [4.69, 9.17) is 33.7 Å².